The van der Waals surface area contributed by atoms with Crippen LogP contribution in [0.4, 0.5) is 0 Å². The van der Waals surface area contributed by atoms with Crippen LogP contribution in [0.3, 0.4) is 0 Å². The van der Waals surface area contributed by atoms with E-state index in [1.807, 2.05) is 0 Å². The molecule has 1 atom stereocenters. The van der Waals surface area contributed by atoms with Gasteiger partial charge in [-0.05, 0) is 19.4 Å². The number of carbonyl (C=O) groups is 1. The summed E-state index contributed by atoms with van der Waals surface area (Å²) in [6.07, 6.45) is 3.39. The van der Waals surface area contributed by atoms with E-state index in [0.29, 0.717) is 17.5 Å². The van der Waals surface area contributed by atoms with Crippen LogP contribution in [0.2, 0.25) is 0 Å². The first-order valence-corrected chi connectivity index (χ1v) is 8.33. The van der Waals surface area contributed by atoms with Gasteiger partial charge >= 0.3 is 0 Å². The van der Waals surface area contributed by atoms with E-state index in [2.05, 4.69) is 22.1 Å². The quantitative estimate of drug-likeness (QED) is 0.730. The van der Waals surface area contributed by atoms with Crippen molar-refractivity contribution in [1.82, 2.24) is 10.3 Å². The maximum atomic E-state index is 12.2. The first-order valence-electron chi connectivity index (χ1n) is 6.50. The number of nitrogens with zero attached hydrogens (tertiary/aromatic N) is 1. The number of pyridine rings is 1. The highest BCUT2D eigenvalue weighted by Gasteiger charge is 2.39. The molecule has 1 aliphatic heterocycles. The van der Waals surface area contributed by atoms with Crippen molar-refractivity contribution in [2.24, 2.45) is 5.73 Å². The molecule has 1 amide bonds. The number of nitrogens with two attached hydrogens (primary N) is 1. The van der Waals surface area contributed by atoms with Crippen LogP contribution in [-0.2, 0) is 9.84 Å². The molecular formula is C14H17N3O3S. The van der Waals surface area contributed by atoms with Gasteiger partial charge in [0.25, 0.3) is 5.91 Å². The molecule has 0 bridgehead atoms. The molecule has 2 heterocycles. The highest BCUT2D eigenvalue weighted by molar-refractivity contribution is 7.91. The lowest BCUT2D eigenvalue weighted by Crippen LogP contribution is -2.46. The number of aromatic nitrogens is 1. The van der Waals surface area contributed by atoms with Crippen molar-refractivity contribution in [2.75, 3.05) is 18.1 Å². The largest absolute Gasteiger partial charge is 0.346 e. The van der Waals surface area contributed by atoms with Crippen LogP contribution in [0, 0.1) is 11.8 Å². The summed E-state index contributed by atoms with van der Waals surface area (Å²) in [6.45, 7) is 1.97. The van der Waals surface area contributed by atoms with Crippen molar-refractivity contribution in [2.45, 2.75) is 18.9 Å². The fourth-order valence-corrected chi connectivity index (χ4v) is 4.33. The van der Waals surface area contributed by atoms with E-state index in [-0.39, 0.29) is 24.0 Å². The Bertz CT molecular complexity index is 718. The molecule has 3 N–H and O–H groups in total. The van der Waals surface area contributed by atoms with Crippen molar-refractivity contribution in [3.63, 3.8) is 0 Å². The van der Waals surface area contributed by atoms with Gasteiger partial charge in [-0.3, -0.25) is 9.78 Å². The zero-order valence-electron chi connectivity index (χ0n) is 11.7. The summed E-state index contributed by atoms with van der Waals surface area (Å²) in [6, 6.07) is 1.61. The molecular weight excluding hydrogens is 290 g/mol. The molecule has 1 aromatic rings. The van der Waals surface area contributed by atoms with Gasteiger partial charge in [-0.2, -0.15) is 0 Å². The van der Waals surface area contributed by atoms with Crippen LogP contribution < -0.4 is 11.1 Å². The third-order valence-corrected chi connectivity index (χ3v) is 5.16. The van der Waals surface area contributed by atoms with Gasteiger partial charge in [0, 0.05) is 18.0 Å². The lowest BCUT2D eigenvalue weighted by Gasteiger charge is -2.23. The van der Waals surface area contributed by atoms with Gasteiger partial charge in [0.05, 0.1) is 29.2 Å². The monoisotopic (exact) mass is 307 g/mol. The second-order valence-corrected chi connectivity index (χ2v) is 7.51. The van der Waals surface area contributed by atoms with Crippen LogP contribution in [0.15, 0.2) is 18.5 Å². The number of carbonyl (C=O) groups excluding carboxylic acids is 1. The second-order valence-electron chi connectivity index (χ2n) is 5.33. The molecule has 21 heavy (non-hydrogen) atoms. The summed E-state index contributed by atoms with van der Waals surface area (Å²) < 4.78 is 23.1. The molecule has 0 saturated carbocycles. The first kappa shape index (κ1) is 15.5. The van der Waals surface area contributed by atoms with E-state index >= 15 is 0 Å². The minimum atomic E-state index is -3.07. The highest BCUT2D eigenvalue weighted by Crippen LogP contribution is 2.23. The van der Waals surface area contributed by atoms with Gasteiger partial charge in [0.2, 0.25) is 0 Å². The van der Waals surface area contributed by atoms with Crippen LogP contribution in [0.5, 0.6) is 0 Å². The third kappa shape index (κ3) is 4.03. The minimum Gasteiger partial charge on any atom is -0.346 e. The van der Waals surface area contributed by atoms with Crippen LogP contribution in [-0.4, -0.2) is 42.9 Å². The SMILES string of the molecule is CC1(NC(=O)c2cncc(C#CCN)c2)CCS(=O)(=O)C1. The summed E-state index contributed by atoms with van der Waals surface area (Å²) in [4.78, 5) is 16.2. The van der Waals surface area contributed by atoms with Gasteiger partial charge < -0.3 is 11.1 Å². The molecule has 0 spiro atoms. The average molecular weight is 307 g/mol. The standard InChI is InChI=1S/C14H17N3O3S/c1-14(4-6-21(19,20)10-14)17-13(18)12-7-11(3-2-5-15)8-16-9-12/h7-9H,4-6,10,15H2,1H3,(H,17,18). The fourth-order valence-electron chi connectivity index (χ4n) is 2.24. The predicted molar refractivity (Wildman–Crippen MR) is 79.3 cm³/mol. The zero-order chi connectivity index (χ0) is 15.5. The van der Waals surface area contributed by atoms with Crippen molar-refractivity contribution in [3.05, 3.63) is 29.6 Å². The number of hydrogen-bond acceptors (Lipinski definition) is 5. The molecule has 1 unspecified atom stereocenters. The summed E-state index contributed by atoms with van der Waals surface area (Å²) in [5.74, 6) is 5.21. The normalized spacial score (nSPS) is 23.1. The van der Waals surface area contributed by atoms with Gasteiger partial charge in [-0.1, -0.05) is 11.8 Å². The summed E-state index contributed by atoms with van der Waals surface area (Å²) in [5, 5.41) is 2.78. The molecule has 0 aromatic carbocycles. The highest BCUT2D eigenvalue weighted by atomic mass is 32.2. The predicted octanol–water partition coefficient (Wildman–Crippen LogP) is -0.301. The Balaban J connectivity index is 2.14. The second kappa shape index (κ2) is 5.84. The van der Waals surface area contributed by atoms with E-state index < -0.39 is 15.4 Å². The number of sulfone groups is 1. The van der Waals surface area contributed by atoms with Crippen molar-refractivity contribution in [1.29, 1.82) is 0 Å². The molecule has 1 fully saturated rings. The Labute approximate surface area is 124 Å². The Morgan fingerprint density at radius 2 is 2.29 bits per heavy atom. The van der Waals surface area contributed by atoms with E-state index in [9.17, 15) is 13.2 Å². The number of hydrogen-bond donors (Lipinski definition) is 2. The lowest BCUT2D eigenvalue weighted by atomic mass is 10.0. The number of rotatable bonds is 2. The number of nitrogens with one attached hydrogen (secondary N) is 1. The van der Waals surface area contributed by atoms with E-state index in [1.165, 1.54) is 6.20 Å². The van der Waals surface area contributed by atoms with Crippen molar-refractivity contribution in [3.8, 4) is 11.8 Å². The molecule has 2 rings (SSSR count). The summed E-state index contributed by atoms with van der Waals surface area (Å²) in [7, 11) is -3.07. The van der Waals surface area contributed by atoms with Crippen LogP contribution in [0.25, 0.3) is 0 Å². The van der Waals surface area contributed by atoms with Crippen molar-refractivity contribution >= 4 is 15.7 Å². The molecule has 1 saturated heterocycles. The molecule has 0 aliphatic carbocycles. The van der Waals surface area contributed by atoms with E-state index in [0.717, 1.165) is 0 Å². The van der Waals surface area contributed by atoms with Gasteiger partial charge in [0.15, 0.2) is 9.84 Å². The minimum absolute atomic E-state index is 0.0359. The molecule has 7 heteroatoms. The Hall–Kier alpha value is -1.91. The zero-order valence-corrected chi connectivity index (χ0v) is 12.5. The topological polar surface area (TPSA) is 102 Å². The smallest absolute Gasteiger partial charge is 0.253 e. The fraction of sp³-hybridized carbons (Fsp3) is 0.429. The summed E-state index contributed by atoms with van der Waals surface area (Å²) >= 11 is 0. The maximum absolute atomic E-state index is 12.2. The van der Waals surface area contributed by atoms with Crippen LogP contribution in [0.1, 0.15) is 29.3 Å². The molecule has 112 valence electrons. The Kier molecular flexibility index (Phi) is 4.30. The summed E-state index contributed by atoms with van der Waals surface area (Å²) in [5.41, 5.74) is 5.51. The van der Waals surface area contributed by atoms with E-state index in [4.69, 9.17) is 5.73 Å². The van der Waals surface area contributed by atoms with Gasteiger partial charge in [-0.15, -0.1) is 0 Å². The Morgan fingerprint density at radius 1 is 1.52 bits per heavy atom. The number of amides is 1. The molecule has 0 radical (unpaired) electrons. The third-order valence-electron chi connectivity index (χ3n) is 3.25. The van der Waals surface area contributed by atoms with Gasteiger partial charge in [0.1, 0.15) is 0 Å². The molecule has 1 aromatic heterocycles. The van der Waals surface area contributed by atoms with Crippen LogP contribution >= 0.6 is 0 Å². The lowest BCUT2D eigenvalue weighted by molar-refractivity contribution is 0.0915. The molecule has 6 nitrogen and oxygen atoms in total. The van der Waals surface area contributed by atoms with Crippen molar-refractivity contribution < 1.29 is 13.2 Å². The average Bonchev–Trinajstić information content (AvgIpc) is 2.70. The Morgan fingerprint density at radius 3 is 2.90 bits per heavy atom. The van der Waals surface area contributed by atoms with E-state index in [1.54, 1.807) is 19.2 Å². The van der Waals surface area contributed by atoms with Gasteiger partial charge in [-0.25, -0.2) is 8.42 Å². The molecule has 1 aliphatic rings. The maximum Gasteiger partial charge on any atom is 0.253 e. The first-order chi connectivity index (χ1) is 9.84.